The molecule has 2 aromatic heterocycles. The van der Waals surface area contributed by atoms with E-state index in [4.69, 9.17) is 16.6 Å². The fourth-order valence-corrected chi connectivity index (χ4v) is 3.15. The van der Waals surface area contributed by atoms with Crippen LogP contribution in [0.15, 0.2) is 65.2 Å². The summed E-state index contributed by atoms with van der Waals surface area (Å²) in [5, 5.41) is 16.4. The number of nitrogens with one attached hydrogen (secondary N) is 2. The summed E-state index contributed by atoms with van der Waals surface area (Å²) in [5.74, 6) is -0.0538. The Labute approximate surface area is 181 Å². The third kappa shape index (κ3) is 4.23. The number of anilines is 1. The molecule has 4 rings (SSSR count). The van der Waals surface area contributed by atoms with E-state index < -0.39 is 10.8 Å². The minimum absolute atomic E-state index is 0.0860. The maximum Gasteiger partial charge on any atom is 0.269 e. The molecule has 0 unspecified atom stereocenters. The highest BCUT2D eigenvalue weighted by Gasteiger charge is 2.15. The largest absolute Gasteiger partial charge is 0.434 e. The van der Waals surface area contributed by atoms with Gasteiger partial charge in [-0.05, 0) is 61.1 Å². The first-order valence-corrected chi connectivity index (χ1v) is 9.51. The van der Waals surface area contributed by atoms with Crippen LogP contribution in [-0.4, -0.2) is 25.9 Å². The van der Waals surface area contributed by atoms with E-state index in [1.165, 1.54) is 24.3 Å². The predicted molar refractivity (Wildman–Crippen MR) is 119 cm³/mol. The maximum atomic E-state index is 12.4. The van der Waals surface area contributed by atoms with Crippen molar-refractivity contribution in [3.05, 3.63) is 82.0 Å². The second-order valence-corrected chi connectivity index (χ2v) is 6.94. The number of thiocarbonyl (C=S) groups is 1. The van der Waals surface area contributed by atoms with Gasteiger partial charge in [0.2, 0.25) is 5.89 Å². The Morgan fingerprint density at radius 3 is 2.61 bits per heavy atom. The van der Waals surface area contributed by atoms with Crippen LogP contribution >= 0.6 is 12.2 Å². The zero-order valence-corrected chi connectivity index (χ0v) is 17.0. The van der Waals surface area contributed by atoms with Gasteiger partial charge in [-0.3, -0.25) is 20.2 Å². The summed E-state index contributed by atoms with van der Waals surface area (Å²) in [7, 11) is 0. The van der Waals surface area contributed by atoms with Crippen LogP contribution in [-0.2, 0) is 0 Å². The lowest BCUT2D eigenvalue weighted by Gasteiger charge is -2.13. The number of aromatic nitrogens is 2. The number of carbonyl (C=O) groups is 1. The second kappa shape index (κ2) is 8.28. The van der Waals surface area contributed by atoms with E-state index >= 15 is 0 Å². The zero-order chi connectivity index (χ0) is 22.0. The lowest BCUT2D eigenvalue weighted by molar-refractivity contribution is -0.384. The smallest absolute Gasteiger partial charge is 0.269 e. The van der Waals surface area contributed by atoms with Crippen molar-refractivity contribution in [1.29, 1.82) is 0 Å². The standard InChI is InChI=1S/C21H15N5O4S/c1-12-15(20-24-18-17(30-20)6-3-11-22-18)4-2-5-16(12)23-21(31)25-19(27)13-7-9-14(10-8-13)26(28)29/h2-11H,1H3,(H2,23,25,27,31). The number of pyridine rings is 1. The number of benzene rings is 2. The van der Waals surface area contributed by atoms with Crippen LogP contribution in [0.1, 0.15) is 15.9 Å². The number of nitro groups is 1. The molecule has 2 heterocycles. The SMILES string of the molecule is Cc1c(NC(=S)NC(=O)c2ccc([N+](=O)[O-])cc2)cccc1-c1nc2ncccc2o1. The van der Waals surface area contributed by atoms with E-state index in [2.05, 4.69) is 20.6 Å². The summed E-state index contributed by atoms with van der Waals surface area (Å²) in [6, 6.07) is 14.3. The Balaban J connectivity index is 1.50. The van der Waals surface area contributed by atoms with Gasteiger partial charge in [-0.1, -0.05) is 6.07 Å². The monoisotopic (exact) mass is 433 g/mol. The summed E-state index contributed by atoms with van der Waals surface area (Å²) < 4.78 is 5.79. The highest BCUT2D eigenvalue weighted by Crippen LogP contribution is 2.30. The summed E-state index contributed by atoms with van der Waals surface area (Å²) in [6.45, 7) is 1.88. The molecular formula is C21H15N5O4S. The van der Waals surface area contributed by atoms with E-state index in [9.17, 15) is 14.9 Å². The van der Waals surface area contributed by atoms with Crippen LogP contribution in [0.2, 0.25) is 0 Å². The number of rotatable bonds is 4. The van der Waals surface area contributed by atoms with Crippen LogP contribution in [0.25, 0.3) is 22.7 Å². The molecule has 0 saturated heterocycles. The lowest BCUT2D eigenvalue weighted by Crippen LogP contribution is -2.34. The molecule has 10 heteroatoms. The summed E-state index contributed by atoms with van der Waals surface area (Å²) in [4.78, 5) is 31.2. The molecule has 0 radical (unpaired) electrons. The molecule has 0 aliphatic heterocycles. The van der Waals surface area contributed by atoms with E-state index in [1.54, 1.807) is 18.3 Å². The van der Waals surface area contributed by atoms with Crippen molar-refractivity contribution in [2.24, 2.45) is 0 Å². The van der Waals surface area contributed by atoms with Gasteiger partial charge in [0.15, 0.2) is 16.3 Å². The molecule has 2 aromatic carbocycles. The first kappa shape index (κ1) is 20.1. The van der Waals surface area contributed by atoms with Crippen molar-refractivity contribution in [2.75, 3.05) is 5.32 Å². The molecule has 154 valence electrons. The Morgan fingerprint density at radius 2 is 1.90 bits per heavy atom. The maximum absolute atomic E-state index is 12.4. The van der Waals surface area contributed by atoms with Gasteiger partial charge in [0.05, 0.1) is 4.92 Å². The number of hydrogen-bond donors (Lipinski definition) is 2. The quantitative estimate of drug-likeness (QED) is 0.278. The van der Waals surface area contributed by atoms with Crippen molar-refractivity contribution in [2.45, 2.75) is 6.92 Å². The van der Waals surface area contributed by atoms with Gasteiger partial charge in [-0.15, -0.1) is 0 Å². The Hall–Kier alpha value is -4.18. The van der Waals surface area contributed by atoms with Crippen molar-refractivity contribution < 1.29 is 14.1 Å². The molecule has 0 fully saturated rings. The topological polar surface area (TPSA) is 123 Å². The Kier molecular flexibility index (Phi) is 5.37. The summed E-state index contributed by atoms with van der Waals surface area (Å²) in [5.41, 5.74) is 3.50. The van der Waals surface area contributed by atoms with Crippen LogP contribution in [0.5, 0.6) is 0 Å². The minimum atomic E-state index is -0.531. The van der Waals surface area contributed by atoms with Crippen molar-refractivity contribution in [3.63, 3.8) is 0 Å². The zero-order valence-electron chi connectivity index (χ0n) is 16.2. The number of oxazole rings is 1. The van der Waals surface area contributed by atoms with Crippen LogP contribution < -0.4 is 10.6 Å². The average molecular weight is 433 g/mol. The molecule has 9 nitrogen and oxygen atoms in total. The van der Waals surface area contributed by atoms with Gasteiger partial charge < -0.3 is 9.73 Å². The fourth-order valence-electron chi connectivity index (χ4n) is 2.95. The first-order valence-electron chi connectivity index (χ1n) is 9.10. The summed E-state index contributed by atoms with van der Waals surface area (Å²) >= 11 is 5.25. The molecule has 0 saturated carbocycles. The number of nitro benzene ring substituents is 1. The summed E-state index contributed by atoms with van der Waals surface area (Å²) in [6.07, 6.45) is 1.64. The van der Waals surface area contributed by atoms with E-state index in [0.29, 0.717) is 22.8 Å². The Morgan fingerprint density at radius 1 is 1.13 bits per heavy atom. The number of hydrogen-bond acceptors (Lipinski definition) is 7. The van der Waals surface area contributed by atoms with Gasteiger partial charge in [0.1, 0.15) is 0 Å². The van der Waals surface area contributed by atoms with Crippen molar-refractivity contribution >= 4 is 45.8 Å². The molecular weight excluding hydrogens is 418 g/mol. The fraction of sp³-hybridized carbons (Fsp3) is 0.0476. The van der Waals surface area contributed by atoms with Gasteiger partial charge in [0, 0.05) is 35.1 Å². The number of carbonyl (C=O) groups excluding carboxylic acids is 1. The van der Waals surface area contributed by atoms with Gasteiger partial charge in [-0.25, -0.2) is 4.98 Å². The van der Waals surface area contributed by atoms with Crippen LogP contribution in [0.3, 0.4) is 0 Å². The van der Waals surface area contributed by atoms with Gasteiger partial charge in [-0.2, -0.15) is 4.98 Å². The molecule has 0 bridgehead atoms. The third-order valence-electron chi connectivity index (χ3n) is 4.54. The van der Waals surface area contributed by atoms with Gasteiger partial charge in [0.25, 0.3) is 11.6 Å². The molecule has 31 heavy (non-hydrogen) atoms. The number of nitrogens with zero attached hydrogens (tertiary/aromatic N) is 3. The number of fused-ring (bicyclic) bond motifs is 1. The molecule has 0 atom stereocenters. The average Bonchev–Trinajstić information content (AvgIpc) is 3.19. The predicted octanol–water partition coefficient (Wildman–Crippen LogP) is 4.23. The lowest BCUT2D eigenvalue weighted by atomic mass is 10.1. The second-order valence-electron chi connectivity index (χ2n) is 6.53. The molecule has 0 aliphatic rings. The Bertz CT molecular complexity index is 1280. The number of non-ortho nitro benzene ring substituents is 1. The molecule has 0 spiro atoms. The number of amides is 1. The van der Waals surface area contributed by atoms with Crippen molar-refractivity contribution in [1.82, 2.24) is 15.3 Å². The molecule has 1 amide bonds. The highest BCUT2D eigenvalue weighted by molar-refractivity contribution is 7.80. The highest BCUT2D eigenvalue weighted by atomic mass is 32.1. The van der Waals surface area contributed by atoms with E-state index in [1.807, 2.05) is 25.1 Å². The third-order valence-corrected chi connectivity index (χ3v) is 4.75. The van der Waals surface area contributed by atoms with Crippen molar-refractivity contribution in [3.8, 4) is 11.5 Å². The van der Waals surface area contributed by atoms with E-state index in [-0.39, 0.29) is 16.4 Å². The van der Waals surface area contributed by atoms with Gasteiger partial charge >= 0.3 is 0 Å². The first-order chi connectivity index (χ1) is 14.9. The van der Waals surface area contributed by atoms with Crippen LogP contribution in [0, 0.1) is 17.0 Å². The molecule has 2 N–H and O–H groups in total. The molecule has 4 aromatic rings. The minimum Gasteiger partial charge on any atom is -0.434 e. The molecule has 0 aliphatic carbocycles. The van der Waals surface area contributed by atoms with E-state index in [0.717, 1.165) is 11.1 Å². The van der Waals surface area contributed by atoms with Crippen LogP contribution in [0.4, 0.5) is 11.4 Å². The normalized spacial score (nSPS) is 10.6.